The number of nitrogens with two attached hydrogens (primary N) is 1. The number of hydrogen-bond donors (Lipinski definition) is 4. The topological polar surface area (TPSA) is 139 Å². The summed E-state index contributed by atoms with van der Waals surface area (Å²) in [5, 5.41) is 35.2. The van der Waals surface area contributed by atoms with Crippen molar-refractivity contribution in [2.75, 3.05) is 13.7 Å². The van der Waals surface area contributed by atoms with E-state index in [2.05, 4.69) is 19.9 Å². The maximum atomic E-state index is 12.5. The van der Waals surface area contributed by atoms with Crippen molar-refractivity contribution in [1.82, 2.24) is 5.06 Å². The van der Waals surface area contributed by atoms with Crippen LogP contribution in [0.3, 0.4) is 0 Å². The van der Waals surface area contributed by atoms with Crippen LogP contribution in [0.15, 0.2) is 39.3 Å². The van der Waals surface area contributed by atoms with Gasteiger partial charge in [0, 0.05) is 11.5 Å². The van der Waals surface area contributed by atoms with Gasteiger partial charge in [-0.15, -0.1) is 0 Å². The van der Waals surface area contributed by atoms with Crippen molar-refractivity contribution in [3.63, 3.8) is 0 Å². The van der Waals surface area contributed by atoms with Gasteiger partial charge in [-0.1, -0.05) is 25.5 Å². The Balaban J connectivity index is 1.24. The third-order valence-corrected chi connectivity index (χ3v) is 11.7. The molecule has 3 saturated carbocycles. The molecule has 216 valence electrons. The largest absolute Gasteiger partial charge is 0.431 e. The molecular formula is C30H44N2O7. The molecule has 0 amide bonds. The van der Waals surface area contributed by atoms with Crippen LogP contribution in [-0.4, -0.2) is 70.2 Å². The van der Waals surface area contributed by atoms with Gasteiger partial charge in [0.2, 0.25) is 0 Å². The van der Waals surface area contributed by atoms with E-state index in [-0.39, 0.29) is 40.9 Å². The average molecular weight is 545 g/mol. The first-order valence-electron chi connectivity index (χ1n) is 14.6. The van der Waals surface area contributed by atoms with Crippen LogP contribution in [0.1, 0.15) is 76.7 Å². The van der Waals surface area contributed by atoms with Crippen LogP contribution >= 0.6 is 0 Å². The molecule has 1 aromatic rings. The molecule has 5 N–H and O–H groups in total. The fourth-order valence-corrected chi connectivity index (χ4v) is 9.46. The summed E-state index contributed by atoms with van der Waals surface area (Å²) in [5.74, 6) is 0.777. The summed E-state index contributed by atoms with van der Waals surface area (Å²) in [5.41, 5.74) is 6.93. The first-order chi connectivity index (χ1) is 18.5. The van der Waals surface area contributed by atoms with E-state index >= 15 is 0 Å². The summed E-state index contributed by atoms with van der Waals surface area (Å²) in [4.78, 5) is 17.3. The summed E-state index contributed by atoms with van der Waals surface area (Å²) < 4.78 is 11.0. The van der Waals surface area contributed by atoms with Crippen molar-refractivity contribution in [2.45, 2.75) is 107 Å². The lowest BCUT2D eigenvalue weighted by Crippen LogP contribution is -2.63. The van der Waals surface area contributed by atoms with Crippen LogP contribution in [0.2, 0.25) is 0 Å². The molecule has 9 heteroatoms. The molecule has 0 radical (unpaired) electrons. The fraction of sp³-hybridized carbons (Fsp3) is 0.767. The van der Waals surface area contributed by atoms with Crippen LogP contribution in [-0.2, 0) is 9.57 Å². The van der Waals surface area contributed by atoms with Gasteiger partial charge in [-0.25, -0.2) is 4.79 Å². The second kappa shape index (κ2) is 9.76. The summed E-state index contributed by atoms with van der Waals surface area (Å²) in [6.45, 7) is 4.78. The predicted octanol–water partition coefficient (Wildman–Crippen LogP) is 2.44. The molecule has 5 aliphatic rings. The van der Waals surface area contributed by atoms with Crippen molar-refractivity contribution in [1.29, 1.82) is 0 Å². The summed E-state index contributed by atoms with van der Waals surface area (Å²) in [6, 6.07) is 2.66. The molecule has 11 atom stereocenters. The summed E-state index contributed by atoms with van der Waals surface area (Å²) in [6.07, 6.45) is 8.15. The second-order valence-electron chi connectivity index (χ2n) is 13.2. The monoisotopic (exact) mass is 544 g/mol. The molecule has 2 heterocycles. The van der Waals surface area contributed by atoms with Gasteiger partial charge in [0.05, 0.1) is 37.7 Å². The SMILES string of the molecule is CON(C1C=C2CCC3C(CC[C@]4(C)[C@@H](c5ccc(=O)oc5)CC[C@]34O)[C@@]2(C)CC1)[C@H]1OC[C@H](N)[C@H](O)C1O. The first kappa shape index (κ1) is 27.6. The lowest BCUT2D eigenvalue weighted by molar-refractivity contribution is -0.305. The Kier molecular flexibility index (Phi) is 6.90. The highest BCUT2D eigenvalue weighted by atomic mass is 16.7. The molecule has 0 spiro atoms. The van der Waals surface area contributed by atoms with E-state index in [0.717, 1.165) is 56.9 Å². The van der Waals surface area contributed by atoms with Crippen molar-refractivity contribution >= 4 is 0 Å². The normalized spacial score (nSPS) is 47.7. The van der Waals surface area contributed by atoms with Crippen molar-refractivity contribution in [3.05, 3.63) is 46.0 Å². The molecule has 0 bridgehead atoms. The zero-order chi connectivity index (χ0) is 27.7. The number of rotatable bonds is 4. The third-order valence-electron chi connectivity index (χ3n) is 11.7. The van der Waals surface area contributed by atoms with Gasteiger partial charge < -0.3 is 30.2 Å². The van der Waals surface area contributed by atoms with E-state index in [1.165, 1.54) is 11.6 Å². The quantitative estimate of drug-likeness (QED) is 0.332. The fourth-order valence-electron chi connectivity index (χ4n) is 9.46. The van der Waals surface area contributed by atoms with Crippen molar-refractivity contribution in [3.8, 4) is 0 Å². The summed E-state index contributed by atoms with van der Waals surface area (Å²) in [7, 11) is 1.58. The number of aliphatic hydroxyl groups excluding tert-OH is 2. The Morgan fingerprint density at radius 1 is 1.05 bits per heavy atom. The van der Waals surface area contributed by atoms with Crippen LogP contribution in [0.4, 0.5) is 0 Å². The van der Waals surface area contributed by atoms with Gasteiger partial charge in [0.15, 0.2) is 6.23 Å². The van der Waals surface area contributed by atoms with E-state index in [1.807, 2.05) is 6.07 Å². The van der Waals surface area contributed by atoms with Crippen LogP contribution in [0.25, 0.3) is 0 Å². The molecule has 9 nitrogen and oxygen atoms in total. The lowest BCUT2D eigenvalue weighted by atomic mass is 9.45. The van der Waals surface area contributed by atoms with Crippen molar-refractivity contribution in [2.24, 2.45) is 28.4 Å². The van der Waals surface area contributed by atoms with Crippen molar-refractivity contribution < 1.29 is 29.3 Å². The number of ether oxygens (including phenoxy) is 1. The van der Waals surface area contributed by atoms with Crippen LogP contribution in [0.5, 0.6) is 0 Å². The number of hydrogen-bond acceptors (Lipinski definition) is 9. The van der Waals surface area contributed by atoms with Gasteiger partial charge in [-0.2, -0.15) is 5.06 Å². The zero-order valence-electron chi connectivity index (χ0n) is 23.3. The third kappa shape index (κ3) is 4.03. The van der Waals surface area contributed by atoms with Crippen LogP contribution < -0.4 is 11.4 Å². The van der Waals surface area contributed by atoms with Gasteiger partial charge >= 0.3 is 5.63 Å². The van der Waals surface area contributed by atoms with Crippen LogP contribution in [0, 0.1) is 22.7 Å². The molecule has 4 fully saturated rings. The molecule has 0 aromatic carbocycles. The Labute approximate surface area is 229 Å². The minimum atomic E-state index is -1.16. The molecule has 39 heavy (non-hydrogen) atoms. The predicted molar refractivity (Wildman–Crippen MR) is 143 cm³/mol. The Morgan fingerprint density at radius 2 is 1.85 bits per heavy atom. The van der Waals surface area contributed by atoms with E-state index < -0.39 is 30.1 Å². The highest BCUT2D eigenvalue weighted by molar-refractivity contribution is 5.31. The Morgan fingerprint density at radius 3 is 2.56 bits per heavy atom. The van der Waals surface area contributed by atoms with E-state index in [9.17, 15) is 20.1 Å². The number of allylic oxidation sites excluding steroid dienone is 1. The van der Waals surface area contributed by atoms with E-state index in [4.69, 9.17) is 19.7 Å². The summed E-state index contributed by atoms with van der Waals surface area (Å²) >= 11 is 0. The Hall–Kier alpha value is -1.59. The van der Waals surface area contributed by atoms with Gasteiger partial charge in [-0.3, -0.25) is 4.84 Å². The molecular weight excluding hydrogens is 500 g/mol. The molecule has 1 aromatic heterocycles. The number of aliphatic hydroxyl groups is 3. The minimum absolute atomic E-state index is 0.0125. The maximum Gasteiger partial charge on any atom is 0.335 e. The molecule has 1 aliphatic heterocycles. The average Bonchev–Trinajstić information content (AvgIpc) is 3.20. The highest BCUT2D eigenvalue weighted by Gasteiger charge is 2.66. The number of fused-ring (bicyclic) bond motifs is 5. The zero-order valence-corrected chi connectivity index (χ0v) is 23.3. The highest BCUT2D eigenvalue weighted by Crippen LogP contribution is 2.70. The molecule has 6 rings (SSSR count). The van der Waals surface area contributed by atoms with Gasteiger partial charge in [0.25, 0.3) is 0 Å². The number of hydroxylamine groups is 2. The van der Waals surface area contributed by atoms with E-state index in [1.54, 1.807) is 18.4 Å². The second-order valence-corrected chi connectivity index (χ2v) is 13.2. The van der Waals surface area contributed by atoms with Gasteiger partial charge in [0.1, 0.15) is 12.2 Å². The number of nitrogens with zero attached hydrogens (tertiary/aromatic N) is 1. The minimum Gasteiger partial charge on any atom is -0.431 e. The molecule has 1 saturated heterocycles. The maximum absolute atomic E-state index is 12.5. The smallest absolute Gasteiger partial charge is 0.335 e. The van der Waals surface area contributed by atoms with Gasteiger partial charge in [-0.05, 0) is 86.2 Å². The lowest BCUT2D eigenvalue weighted by Gasteiger charge is -2.62. The molecule has 4 aliphatic carbocycles. The first-order valence-corrected chi connectivity index (χ1v) is 14.6. The molecule has 4 unspecified atom stereocenters. The standard InChI is InChI=1S/C30H44N2O7/c1-28-11-8-19(32(37-3)27-26(35)25(34)23(31)16-39-27)14-18(28)5-6-22-21(28)9-12-29(2)20(10-13-30(22,29)36)17-4-7-24(33)38-15-17/h4,7,14-15,19-23,25-27,34-36H,5-6,8-13,16,31H2,1-3H3/t19?,20-,21?,22?,23+,25+,26?,27+,28+,29-,30+/m1/s1. The van der Waals surface area contributed by atoms with E-state index in [0.29, 0.717) is 5.92 Å². The Bertz CT molecular complexity index is 1150.